The summed E-state index contributed by atoms with van der Waals surface area (Å²) in [5.74, 6) is 0.0577. The summed E-state index contributed by atoms with van der Waals surface area (Å²) in [5, 5.41) is 8.97. The lowest BCUT2D eigenvalue weighted by atomic mass is 10.2. The smallest absolute Gasteiger partial charge is 0.252 e. The first kappa shape index (κ1) is 17.8. The molecule has 0 atom stereocenters. The number of nitrogens with zero attached hydrogens (tertiary/aromatic N) is 3. The maximum absolute atomic E-state index is 13.8. The Hall–Kier alpha value is -3.59. The van der Waals surface area contributed by atoms with Crippen molar-refractivity contribution in [2.24, 2.45) is 0 Å². The molecular weight excluding hydrogens is 363 g/mol. The molecule has 8 nitrogen and oxygen atoms in total. The number of nitrogens with one attached hydrogen (secondary N) is 3. The second-order valence-corrected chi connectivity index (χ2v) is 6.18. The van der Waals surface area contributed by atoms with E-state index in [1.165, 1.54) is 6.07 Å². The number of benzene rings is 2. The molecule has 0 radical (unpaired) electrons. The molecule has 142 valence electrons. The third-order valence-electron chi connectivity index (χ3n) is 4.10. The zero-order valence-electron chi connectivity index (χ0n) is 15.0. The van der Waals surface area contributed by atoms with E-state index in [-0.39, 0.29) is 30.5 Å². The third-order valence-corrected chi connectivity index (χ3v) is 4.10. The van der Waals surface area contributed by atoms with Gasteiger partial charge in [-0.3, -0.25) is 15.2 Å². The Labute approximate surface area is 159 Å². The van der Waals surface area contributed by atoms with Gasteiger partial charge in [-0.1, -0.05) is 24.3 Å². The first-order valence-electron chi connectivity index (χ1n) is 8.59. The van der Waals surface area contributed by atoms with Gasteiger partial charge in [-0.2, -0.15) is 4.98 Å². The summed E-state index contributed by atoms with van der Waals surface area (Å²) in [7, 11) is 0. The van der Waals surface area contributed by atoms with Crippen molar-refractivity contribution in [2.45, 2.75) is 13.5 Å². The number of aryl methyl sites for hydroxylation is 1. The Morgan fingerprint density at radius 2 is 2.04 bits per heavy atom. The molecule has 9 heteroatoms. The van der Waals surface area contributed by atoms with E-state index in [2.05, 4.69) is 30.5 Å². The maximum atomic E-state index is 13.8. The highest BCUT2D eigenvalue weighted by Gasteiger charge is 2.12. The van der Waals surface area contributed by atoms with Crippen LogP contribution < -0.4 is 5.32 Å². The van der Waals surface area contributed by atoms with Crippen molar-refractivity contribution in [1.82, 2.24) is 25.1 Å². The van der Waals surface area contributed by atoms with E-state index in [1.807, 2.05) is 25.1 Å². The molecule has 0 unspecified atom stereocenters. The molecule has 1 amide bonds. The molecule has 4 rings (SSSR count). The van der Waals surface area contributed by atoms with Crippen LogP contribution in [-0.2, 0) is 16.1 Å². The standard InChI is InChI=1S/C19H17FN6O2/c1-11-5-4-8-14-17(11)22-15(21-14)9-28-10-16(27)23-19-24-18(25-26-19)12-6-2-3-7-13(12)20/h2-8H,9-10H2,1H3,(H,21,22)(H2,23,24,25,26,27). The Morgan fingerprint density at radius 3 is 2.86 bits per heavy atom. The number of hydrogen-bond donors (Lipinski definition) is 3. The van der Waals surface area contributed by atoms with Crippen LogP contribution in [0.5, 0.6) is 0 Å². The number of carbonyl (C=O) groups is 1. The Kier molecular flexibility index (Phi) is 4.81. The number of amides is 1. The molecule has 28 heavy (non-hydrogen) atoms. The molecule has 0 spiro atoms. The summed E-state index contributed by atoms with van der Waals surface area (Å²) < 4.78 is 19.2. The fourth-order valence-corrected chi connectivity index (χ4v) is 2.79. The molecule has 0 aliphatic carbocycles. The van der Waals surface area contributed by atoms with Crippen LogP contribution in [0.15, 0.2) is 42.5 Å². The largest absolute Gasteiger partial charge is 0.364 e. The van der Waals surface area contributed by atoms with Crippen LogP contribution in [0.4, 0.5) is 10.3 Å². The molecule has 0 fully saturated rings. The summed E-state index contributed by atoms with van der Waals surface area (Å²) in [6.45, 7) is 1.95. The Bertz CT molecular complexity index is 1140. The van der Waals surface area contributed by atoms with Crippen molar-refractivity contribution >= 4 is 22.9 Å². The zero-order valence-corrected chi connectivity index (χ0v) is 15.0. The second kappa shape index (κ2) is 7.57. The van der Waals surface area contributed by atoms with Gasteiger partial charge < -0.3 is 9.72 Å². The Balaban J connectivity index is 1.32. The molecule has 0 aliphatic rings. The predicted octanol–water partition coefficient (Wildman–Crippen LogP) is 2.95. The summed E-state index contributed by atoms with van der Waals surface area (Å²) in [6, 6.07) is 12.0. The van der Waals surface area contributed by atoms with E-state index in [9.17, 15) is 9.18 Å². The molecule has 2 heterocycles. The number of para-hydroxylation sites is 1. The average Bonchev–Trinajstić information content (AvgIpc) is 3.30. The molecule has 0 bridgehead atoms. The van der Waals surface area contributed by atoms with Gasteiger partial charge in [0, 0.05) is 0 Å². The molecule has 2 aromatic carbocycles. The van der Waals surface area contributed by atoms with Crippen LogP contribution in [0.25, 0.3) is 22.4 Å². The lowest BCUT2D eigenvalue weighted by Crippen LogP contribution is -2.19. The number of carbonyl (C=O) groups excluding carboxylic acids is 1. The van der Waals surface area contributed by atoms with Crippen LogP contribution in [0.2, 0.25) is 0 Å². The highest BCUT2D eigenvalue weighted by molar-refractivity contribution is 5.90. The number of H-pyrrole nitrogens is 2. The van der Waals surface area contributed by atoms with E-state index in [0.29, 0.717) is 5.82 Å². The number of rotatable bonds is 6. The van der Waals surface area contributed by atoms with E-state index < -0.39 is 11.7 Å². The number of imidazole rings is 1. The van der Waals surface area contributed by atoms with Gasteiger partial charge in [0.1, 0.15) is 24.9 Å². The van der Waals surface area contributed by atoms with Crippen molar-refractivity contribution in [1.29, 1.82) is 0 Å². The van der Waals surface area contributed by atoms with Gasteiger partial charge in [-0.05, 0) is 30.7 Å². The van der Waals surface area contributed by atoms with Crippen molar-refractivity contribution in [3.8, 4) is 11.4 Å². The monoisotopic (exact) mass is 380 g/mol. The lowest BCUT2D eigenvalue weighted by molar-refractivity contribution is -0.121. The summed E-state index contributed by atoms with van der Waals surface area (Å²) in [5.41, 5.74) is 3.14. The lowest BCUT2D eigenvalue weighted by Gasteiger charge is -2.01. The number of hydrogen-bond acceptors (Lipinski definition) is 5. The fraction of sp³-hybridized carbons (Fsp3) is 0.158. The SMILES string of the molecule is Cc1cccc2[nH]c(COCC(=O)Nc3n[nH]c(-c4ccccc4F)n3)nc12. The normalized spacial score (nSPS) is 11.1. The first-order valence-corrected chi connectivity index (χ1v) is 8.59. The predicted molar refractivity (Wildman–Crippen MR) is 101 cm³/mol. The highest BCUT2D eigenvalue weighted by atomic mass is 19.1. The average molecular weight is 380 g/mol. The minimum Gasteiger partial charge on any atom is -0.364 e. The second-order valence-electron chi connectivity index (χ2n) is 6.18. The van der Waals surface area contributed by atoms with Crippen LogP contribution in [0.3, 0.4) is 0 Å². The quantitative estimate of drug-likeness (QED) is 0.477. The van der Waals surface area contributed by atoms with Gasteiger partial charge in [0.2, 0.25) is 5.95 Å². The van der Waals surface area contributed by atoms with Gasteiger partial charge in [0.25, 0.3) is 5.91 Å². The first-order chi connectivity index (χ1) is 13.6. The van der Waals surface area contributed by atoms with Crippen LogP contribution in [-0.4, -0.2) is 37.7 Å². The van der Waals surface area contributed by atoms with E-state index in [1.54, 1.807) is 18.2 Å². The van der Waals surface area contributed by atoms with Crippen LogP contribution >= 0.6 is 0 Å². The van der Waals surface area contributed by atoms with Crippen molar-refractivity contribution in [3.05, 3.63) is 59.7 Å². The number of aromatic nitrogens is 5. The summed E-state index contributed by atoms with van der Waals surface area (Å²) in [6.07, 6.45) is 0. The topological polar surface area (TPSA) is 109 Å². The molecule has 4 aromatic rings. The van der Waals surface area contributed by atoms with Crippen LogP contribution in [0.1, 0.15) is 11.4 Å². The molecular formula is C19H17FN6O2. The fourth-order valence-electron chi connectivity index (χ4n) is 2.79. The Morgan fingerprint density at radius 1 is 1.18 bits per heavy atom. The summed E-state index contributed by atoms with van der Waals surface area (Å²) >= 11 is 0. The van der Waals surface area contributed by atoms with Crippen molar-refractivity contribution in [2.75, 3.05) is 11.9 Å². The minimum atomic E-state index is -0.430. The van der Waals surface area contributed by atoms with Gasteiger partial charge in [0.05, 0.1) is 16.6 Å². The molecule has 0 saturated heterocycles. The number of aromatic amines is 2. The number of ether oxygens (including phenoxy) is 1. The molecule has 2 aromatic heterocycles. The van der Waals surface area contributed by atoms with Gasteiger partial charge in [-0.15, -0.1) is 5.10 Å². The maximum Gasteiger partial charge on any atom is 0.252 e. The number of fused-ring (bicyclic) bond motifs is 1. The van der Waals surface area contributed by atoms with E-state index in [4.69, 9.17) is 4.74 Å². The molecule has 0 saturated carbocycles. The highest BCUT2D eigenvalue weighted by Crippen LogP contribution is 2.19. The van der Waals surface area contributed by atoms with Crippen molar-refractivity contribution in [3.63, 3.8) is 0 Å². The molecule has 0 aliphatic heterocycles. The van der Waals surface area contributed by atoms with E-state index in [0.717, 1.165) is 16.6 Å². The minimum absolute atomic E-state index is 0.0474. The van der Waals surface area contributed by atoms with Crippen LogP contribution in [0, 0.1) is 12.7 Å². The van der Waals surface area contributed by atoms with E-state index >= 15 is 0 Å². The molecule has 3 N–H and O–H groups in total. The van der Waals surface area contributed by atoms with Crippen molar-refractivity contribution < 1.29 is 13.9 Å². The zero-order chi connectivity index (χ0) is 19.5. The third kappa shape index (κ3) is 3.74. The summed E-state index contributed by atoms with van der Waals surface area (Å²) in [4.78, 5) is 23.7. The number of anilines is 1. The van der Waals surface area contributed by atoms with Gasteiger partial charge >= 0.3 is 0 Å². The number of halogens is 1. The van der Waals surface area contributed by atoms with Gasteiger partial charge in [0.15, 0.2) is 5.82 Å². The van der Waals surface area contributed by atoms with Gasteiger partial charge in [-0.25, -0.2) is 9.37 Å².